The van der Waals surface area contributed by atoms with Gasteiger partial charge in [-0.15, -0.1) is 10.2 Å². The molecule has 9 nitrogen and oxygen atoms in total. The SMILES string of the molecule is O=C(Cn1nnc(-c2ccsc2)n1)N1CCN(S(=O)(=O)/C=C/c2ccccc2)CC1. The Kier molecular flexibility index (Phi) is 6.02. The second kappa shape index (κ2) is 8.86. The summed E-state index contributed by atoms with van der Waals surface area (Å²) in [6, 6.07) is 11.1. The number of amides is 1. The molecular weight excluding hydrogens is 424 g/mol. The number of sulfonamides is 1. The van der Waals surface area contributed by atoms with E-state index in [1.165, 1.54) is 25.8 Å². The van der Waals surface area contributed by atoms with Gasteiger partial charge in [-0.05, 0) is 28.3 Å². The molecule has 30 heavy (non-hydrogen) atoms. The van der Waals surface area contributed by atoms with E-state index in [-0.39, 0.29) is 25.5 Å². The van der Waals surface area contributed by atoms with Crippen molar-refractivity contribution in [2.75, 3.05) is 26.2 Å². The van der Waals surface area contributed by atoms with Crippen molar-refractivity contribution in [3.8, 4) is 11.4 Å². The molecule has 1 amide bonds. The molecule has 1 fully saturated rings. The molecule has 0 bridgehead atoms. The number of piperazine rings is 1. The minimum absolute atomic E-state index is 0.0300. The average Bonchev–Trinajstić information content (AvgIpc) is 3.45. The fourth-order valence-electron chi connectivity index (χ4n) is 3.05. The number of benzene rings is 1. The van der Waals surface area contributed by atoms with Gasteiger partial charge in [0, 0.05) is 42.5 Å². The van der Waals surface area contributed by atoms with E-state index in [4.69, 9.17) is 0 Å². The summed E-state index contributed by atoms with van der Waals surface area (Å²) < 4.78 is 26.5. The van der Waals surface area contributed by atoms with Gasteiger partial charge in [0.2, 0.25) is 21.8 Å². The Labute approximate surface area is 178 Å². The first kappa shape index (κ1) is 20.4. The Hall–Kier alpha value is -2.89. The van der Waals surface area contributed by atoms with Gasteiger partial charge >= 0.3 is 0 Å². The molecule has 0 saturated carbocycles. The molecule has 1 aliphatic heterocycles. The van der Waals surface area contributed by atoms with Crippen LogP contribution in [0.5, 0.6) is 0 Å². The van der Waals surface area contributed by atoms with Gasteiger partial charge in [0.1, 0.15) is 6.54 Å². The van der Waals surface area contributed by atoms with Gasteiger partial charge < -0.3 is 4.90 Å². The van der Waals surface area contributed by atoms with Crippen molar-refractivity contribution < 1.29 is 13.2 Å². The largest absolute Gasteiger partial charge is 0.338 e. The zero-order chi connectivity index (χ0) is 21.0. The van der Waals surface area contributed by atoms with Crippen LogP contribution < -0.4 is 0 Å². The summed E-state index contributed by atoms with van der Waals surface area (Å²) in [6.07, 6.45) is 1.58. The van der Waals surface area contributed by atoms with Crippen LogP contribution in [0.15, 0.2) is 52.6 Å². The Morgan fingerprint density at radius 1 is 1.10 bits per heavy atom. The molecule has 0 N–H and O–H groups in total. The maximum absolute atomic E-state index is 12.5. The average molecular weight is 445 g/mol. The number of hydrogen-bond donors (Lipinski definition) is 0. The zero-order valence-corrected chi connectivity index (χ0v) is 17.7. The molecular formula is C19H20N6O3S2. The Bertz CT molecular complexity index is 1120. The number of nitrogens with zero attached hydrogens (tertiary/aromatic N) is 6. The van der Waals surface area contributed by atoms with Crippen molar-refractivity contribution >= 4 is 33.3 Å². The van der Waals surface area contributed by atoms with Gasteiger partial charge in [0.25, 0.3) is 0 Å². The quantitative estimate of drug-likeness (QED) is 0.572. The lowest BCUT2D eigenvalue weighted by molar-refractivity contribution is -0.133. The molecule has 1 aliphatic rings. The Balaban J connectivity index is 1.31. The fraction of sp³-hybridized carbons (Fsp3) is 0.263. The highest BCUT2D eigenvalue weighted by Crippen LogP contribution is 2.17. The highest BCUT2D eigenvalue weighted by Gasteiger charge is 2.27. The van der Waals surface area contributed by atoms with Crippen LogP contribution in [0.1, 0.15) is 5.56 Å². The molecule has 11 heteroatoms. The molecule has 0 unspecified atom stereocenters. The lowest BCUT2D eigenvalue weighted by Crippen LogP contribution is -2.50. The van der Waals surface area contributed by atoms with E-state index in [2.05, 4.69) is 15.4 Å². The lowest BCUT2D eigenvalue weighted by atomic mass is 10.2. The molecule has 0 spiro atoms. The van der Waals surface area contributed by atoms with Gasteiger partial charge in [0.05, 0.1) is 0 Å². The molecule has 3 aromatic rings. The second-order valence-corrected chi connectivity index (χ2v) is 9.29. The van der Waals surface area contributed by atoms with Crippen LogP contribution in [-0.2, 0) is 21.4 Å². The van der Waals surface area contributed by atoms with Crippen molar-refractivity contribution in [2.24, 2.45) is 0 Å². The summed E-state index contributed by atoms with van der Waals surface area (Å²) >= 11 is 1.53. The van der Waals surface area contributed by atoms with E-state index in [0.717, 1.165) is 11.1 Å². The van der Waals surface area contributed by atoms with E-state index >= 15 is 0 Å². The first-order chi connectivity index (χ1) is 14.5. The third-order valence-electron chi connectivity index (χ3n) is 4.69. The van der Waals surface area contributed by atoms with Gasteiger partial charge in [-0.25, -0.2) is 8.42 Å². The summed E-state index contributed by atoms with van der Waals surface area (Å²) in [5, 5.41) is 17.2. The van der Waals surface area contributed by atoms with Crippen molar-refractivity contribution in [3.63, 3.8) is 0 Å². The molecule has 156 valence electrons. The number of rotatable bonds is 6. The van der Waals surface area contributed by atoms with Crippen LogP contribution in [0.4, 0.5) is 0 Å². The number of thiophene rings is 1. The third kappa shape index (κ3) is 4.81. The van der Waals surface area contributed by atoms with Crippen molar-refractivity contribution in [1.82, 2.24) is 29.4 Å². The number of hydrogen-bond acceptors (Lipinski definition) is 7. The fourth-order valence-corrected chi connectivity index (χ4v) is 4.85. The van der Waals surface area contributed by atoms with Crippen molar-refractivity contribution in [2.45, 2.75) is 6.54 Å². The van der Waals surface area contributed by atoms with Crippen LogP contribution in [0.2, 0.25) is 0 Å². The molecule has 2 aromatic heterocycles. The Morgan fingerprint density at radius 3 is 2.57 bits per heavy atom. The molecule has 1 aromatic carbocycles. The van der Waals surface area contributed by atoms with Gasteiger partial charge in [-0.2, -0.15) is 20.4 Å². The Morgan fingerprint density at radius 2 is 1.87 bits per heavy atom. The minimum Gasteiger partial charge on any atom is -0.338 e. The van der Waals surface area contributed by atoms with Crippen LogP contribution in [0.25, 0.3) is 17.5 Å². The van der Waals surface area contributed by atoms with Gasteiger partial charge in [-0.3, -0.25) is 4.79 Å². The monoisotopic (exact) mass is 444 g/mol. The summed E-state index contributed by atoms with van der Waals surface area (Å²) in [5.41, 5.74) is 1.68. The predicted molar refractivity (Wildman–Crippen MR) is 114 cm³/mol. The minimum atomic E-state index is -3.54. The van der Waals surface area contributed by atoms with E-state index in [9.17, 15) is 13.2 Å². The number of carbonyl (C=O) groups is 1. The van der Waals surface area contributed by atoms with Crippen LogP contribution >= 0.6 is 11.3 Å². The van der Waals surface area contributed by atoms with E-state index in [1.54, 1.807) is 11.0 Å². The van der Waals surface area contributed by atoms with Crippen LogP contribution in [0, 0.1) is 0 Å². The number of aromatic nitrogens is 4. The first-order valence-electron chi connectivity index (χ1n) is 9.33. The smallest absolute Gasteiger partial charge is 0.246 e. The lowest BCUT2D eigenvalue weighted by Gasteiger charge is -2.33. The van der Waals surface area contributed by atoms with E-state index in [0.29, 0.717) is 18.9 Å². The van der Waals surface area contributed by atoms with Gasteiger partial charge in [-0.1, -0.05) is 30.3 Å². The van der Waals surface area contributed by atoms with Crippen molar-refractivity contribution in [3.05, 3.63) is 58.1 Å². The number of carbonyl (C=O) groups excluding carboxylic acids is 1. The normalized spacial score (nSPS) is 15.7. The highest BCUT2D eigenvalue weighted by atomic mass is 32.2. The standard InChI is InChI=1S/C19H20N6O3S2/c26-18(14-25-21-19(20-22-25)17-6-12-29-15-17)23-8-10-24(11-9-23)30(27,28)13-7-16-4-2-1-3-5-16/h1-7,12-13,15H,8-11,14H2/b13-7+. The van der Waals surface area contributed by atoms with Crippen LogP contribution in [0.3, 0.4) is 0 Å². The van der Waals surface area contributed by atoms with E-state index < -0.39 is 10.0 Å². The molecule has 3 heterocycles. The third-order valence-corrected chi connectivity index (χ3v) is 6.94. The molecule has 0 radical (unpaired) electrons. The maximum atomic E-state index is 12.5. The zero-order valence-electron chi connectivity index (χ0n) is 16.0. The molecule has 0 atom stereocenters. The number of tetrazole rings is 1. The summed E-state index contributed by atoms with van der Waals surface area (Å²) in [5.74, 6) is 0.311. The molecule has 4 rings (SSSR count). The summed E-state index contributed by atoms with van der Waals surface area (Å²) in [7, 11) is -3.54. The molecule has 0 aliphatic carbocycles. The summed E-state index contributed by atoms with van der Waals surface area (Å²) in [4.78, 5) is 15.4. The van der Waals surface area contributed by atoms with E-state index in [1.807, 2.05) is 47.2 Å². The highest BCUT2D eigenvalue weighted by molar-refractivity contribution is 7.92. The predicted octanol–water partition coefficient (Wildman–Crippen LogP) is 1.55. The van der Waals surface area contributed by atoms with Crippen molar-refractivity contribution in [1.29, 1.82) is 0 Å². The summed E-state index contributed by atoms with van der Waals surface area (Å²) in [6.45, 7) is 1.11. The topological polar surface area (TPSA) is 101 Å². The van der Waals surface area contributed by atoms with Crippen LogP contribution in [-0.4, -0.2) is 69.9 Å². The maximum Gasteiger partial charge on any atom is 0.246 e. The molecule has 1 saturated heterocycles. The second-order valence-electron chi connectivity index (χ2n) is 6.69. The van der Waals surface area contributed by atoms with Gasteiger partial charge in [0.15, 0.2) is 0 Å². The first-order valence-corrected chi connectivity index (χ1v) is 11.8.